The lowest BCUT2D eigenvalue weighted by molar-refractivity contribution is 0.309. The number of fused-ring (bicyclic) bond motifs is 1. The maximum atomic E-state index is 13.9. The second-order valence-electron chi connectivity index (χ2n) is 6.65. The number of H-pyrrole nitrogens is 1. The molecule has 4 rings (SSSR count). The van der Waals surface area contributed by atoms with E-state index >= 15 is 0 Å². The van der Waals surface area contributed by atoms with Crippen molar-refractivity contribution in [3.05, 3.63) is 54.3 Å². The lowest BCUT2D eigenvalue weighted by Gasteiger charge is -2.10. The monoisotopic (exact) mass is 442 g/mol. The molecule has 0 aliphatic heterocycles. The van der Waals surface area contributed by atoms with E-state index in [-0.39, 0.29) is 5.69 Å². The van der Waals surface area contributed by atoms with Gasteiger partial charge in [0, 0.05) is 11.3 Å². The number of nitrogen functional groups attached to an aromatic ring is 1. The van der Waals surface area contributed by atoms with Gasteiger partial charge in [-0.25, -0.2) is 17.8 Å². The zero-order valence-electron chi connectivity index (χ0n) is 16.5. The van der Waals surface area contributed by atoms with Gasteiger partial charge in [0.2, 0.25) is 5.88 Å². The maximum absolute atomic E-state index is 13.9. The van der Waals surface area contributed by atoms with Crippen LogP contribution in [0, 0.1) is 5.82 Å². The fourth-order valence-electron chi connectivity index (χ4n) is 2.91. The van der Waals surface area contributed by atoms with Crippen LogP contribution in [0.1, 0.15) is 13.3 Å². The highest BCUT2D eigenvalue weighted by atomic mass is 32.2. The molecule has 0 radical (unpaired) electrons. The molecule has 4 aromatic rings. The zero-order chi connectivity index (χ0) is 22.0. The molecule has 2 heterocycles. The van der Waals surface area contributed by atoms with Crippen LogP contribution in [0.4, 0.5) is 15.9 Å². The van der Waals surface area contributed by atoms with Crippen molar-refractivity contribution in [3.8, 4) is 17.3 Å². The van der Waals surface area contributed by atoms with Gasteiger partial charge in [-0.1, -0.05) is 19.1 Å². The summed E-state index contributed by atoms with van der Waals surface area (Å²) in [6, 6.07) is 11.5. The summed E-state index contributed by atoms with van der Waals surface area (Å²) in [5.41, 5.74) is 7.14. The fourth-order valence-corrected chi connectivity index (χ4v) is 4.05. The molecule has 0 saturated carbocycles. The van der Waals surface area contributed by atoms with Crippen LogP contribution in [0.25, 0.3) is 22.4 Å². The first-order chi connectivity index (χ1) is 14.9. The topological polar surface area (TPSA) is 136 Å². The van der Waals surface area contributed by atoms with Gasteiger partial charge in [0.25, 0.3) is 10.0 Å². The zero-order valence-corrected chi connectivity index (χ0v) is 17.3. The van der Waals surface area contributed by atoms with Crippen LogP contribution in [0.2, 0.25) is 0 Å². The van der Waals surface area contributed by atoms with Crippen LogP contribution >= 0.6 is 0 Å². The second kappa shape index (κ2) is 8.19. The van der Waals surface area contributed by atoms with E-state index in [4.69, 9.17) is 10.5 Å². The largest absolute Gasteiger partial charge is 0.477 e. The van der Waals surface area contributed by atoms with E-state index in [2.05, 4.69) is 24.9 Å². The first-order valence-electron chi connectivity index (χ1n) is 9.41. The lowest BCUT2D eigenvalue weighted by Crippen LogP contribution is -2.14. The number of aromatic nitrogens is 4. The molecule has 9 nitrogen and oxygen atoms in total. The molecule has 11 heteroatoms. The summed E-state index contributed by atoms with van der Waals surface area (Å²) in [5, 5.41) is 7.24. The molecule has 0 aliphatic rings. The van der Waals surface area contributed by atoms with Crippen LogP contribution in [-0.2, 0) is 10.0 Å². The molecule has 0 amide bonds. The number of hydrogen-bond donors (Lipinski definition) is 3. The number of anilines is 2. The number of nitrogens with one attached hydrogen (secondary N) is 2. The SMILES string of the molecule is CCCOc1nc(-c2ccc(NS(=O)(=O)c3ccccc3F)cc2)nc2n[nH]c(N)c12. The summed E-state index contributed by atoms with van der Waals surface area (Å²) < 4.78 is 46.8. The summed E-state index contributed by atoms with van der Waals surface area (Å²) >= 11 is 0. The van der Waals surface area contributed by atoms with E-state index in [1.54, 1.807) is 12.1 Å². The third-order valence-electron chi connectivity index (χ3n) is 4.37. The fraction of sp³-hybridized carbons (Fsp3) is 0.150. The number of hydrogen-bond acceptors (Lipinski definition) is 7. The van der Waals surface area contributed by atoms with Crippen LogP contribution in [-0.4, -0.2) is 35.2 Å². The molecule has 0 fully saturated rings. The quantitative estimate of drug-likeness (QED) is 0.399. The molecule has 0 saturated heterocycles. The molecular formula is C20H19FN6O3S. The van der Waals surface area contributed by atoms with Gasteiger partial charge in [-0.05, 0) is 42.8 Å². The third kappa shape index (κ3) is 4.12. The summed E-state index contributed by atoms with van der Waals surface area (Å²) in [7, 11) is -4.07. The number of nitrogens with two attached hydrogens (primary N) is 1. The third-order valence-corrected chi connectivity index (χ3v) is 5.79. The molecule has 160 valence electrons. The van der Waals surface area contributed by atoms with Gasteiger partial charge in [0.1, 0.15) is 21.9 Å². The van der Waals surface area contributed by atoms with E-state index in [1.807, 2.05) is 6.92 Å². The predicted molar refractivity (Wildman–Crippen MR) is 115 cm³/mol. The van der Waals surface area contributed by atoms with Crippen LogP contribution in [0.5, 0.6) is 5.88 Å². The Balaban J connectivity index is 1.64. The lowest BCUT2D eigenvalue weighted by atomic mass is 10.2. The van der Waals surface area contributed by atoms with E-state index in [1.165, 1.54) is 30.3 Å². The molecule has 4 N–H and O–H groups in total. The Bertz CT molecular complexity index is 1340. The van der Waals surface area contributed by atoms with Crippen molar-refractivity contribution in [3.63, 3.8) is 0 Å². The molecular weight excluding hydrogens is 423 g/mol. The van der Waals surface area contributed by atoms with Gasteiger partial charge >= 0.3 is 0 Å². The van der Waals surface area contributed by atoms with E-state index in [0.29, 0.717) is 40.7 Å². The van der Waals surface area contributed by atoms with Crippen molar-refractivity contribution < 1.29 is 17.5 Å². The number of ether oxygens (including phenoxy) is 1. The highest BCUT2D eigenvalue weighted by Gasteiger charge is 2.19. The molecule has 0 atom stereocenters. The Morgan fingerprint density at radius 2 is 1.87 bits per heavy atom. The standard InChI is InChI=1S/C20H19FN6O3S/c1-2-11-30-20-16-17(22)25-26-19(16)23-18(24-20)12-7-9-13(10-8-12)27-31(28,29)15-6-4-3-5-14(15)21/h3-10,27H,2,11H2,1H3,(H3,22,23,24,25,26). The average Bonchev–Trinajstić information content (AvgIpc) is 3.13. The smallest absolute Gasteiger partial charge is 0.264 e. The van der Waals surface area contributed by atoms with Crippen molar-refractivity contribution >= 4 is 32.6 Å². The van der Waals surface area contributed by atoms with Crippen molar-refractivity contribution in [2.24, 2.45) is 0 Å². The van der Waals surface area contributed by atoms with Gasteiger partial charge < -0.3 is 10.5 Å². The van der Waals surface area contributed by atoms with Crippen molar-refractivity contribution in [1.82, 2.24) is 20.2 Å². The minimum atomic E-state index is -4.07. The Morgan fingerprint density at radius 3 is 2.58 bits per heavy atom. The number of nitrogens with zero attached hydrogens (tertiary/aromatic N) is 3. The van der Waals surface area contributed by atoms with Crippen molar-refractivity contribution in [2.75, 3.05) is 17.1 Å². The van der Waals surface area contributed by atoms with E-state index < -0.39 is 20.7 Å². The molecule has 2 aromatic heterocycles. The Kier molecular flexibility index (Phi) is 5.42. The van der Waals surface area contributed by atoms with Crippen molar-refractivity contribution in [2.45, 2.75) is 18.2 Å². The summed E-state index contributed by atoms with van der Waals surface area (Å²) in [5.74, 6) is 0.141. The number of halogens is 1. The van der Waals surface area contributed by atoms with Gasteiger partial charge in [0.15, 0.2) is 11.5 Å². The highest BCUT2D eigenvalue weighted by molar-refractivity contribution is 7.92. The molecule has 2 aromatic carbocycles. The van der Waals surface area contributed by atoms with E-state index in [9.17, 15) is 12.8 Å². The Morgan fingerprint density at radius 1 is 1.13 bits per heavy atom. The van der Waals surface area contributed by atoms with Gasteiger partial charge in [0.05, 0.1) is 6.61 Å². The Labute approximate surface area is 177 Å². The number of sulfonamides is 1. The first-order valence-corrected chi connectivity index (χ1v) is 10.9. The number of aromatic amines is 1. The van der Waals surface area contributed by atoms with E-state index in [0.717, 1.165) is 12.5 Å². The van der Waals surface area contributed by atoms with Gasteiger partial charge in [-0.15, -0.1) is 0 Å². The molecule has 0 spiro atoms. The van der Waals surface area contributed by atoms with Gasteiger partial charge in [-0.2, -0.15) is 10.1 Å². The average molecular weight is 442 g/mol. The van der Waals surface area contributed by atoms with Crippen LogP contribution in [0.3, 0.4) is 0 Å². The maximum Gasteiger partial charge on any atom is 0.264 e. The summed E-state index contributed by atoms with van der Waals surface area (Å²) in [4.78, 5) is 8.41. The molecule has 0 bridgehead atoms. The normalized spacial score (nSPS) is 11.5. The Hall–Kier alpha value is -3.73. The second-order valence-corrected chi connectivity index (χ2v) is 8.30. The van der Waals surface area contributed by atoms with Crippen molar-refractivity contribution in [1.29, 1.82) is 0 Å². The number of benzene rings is 2. The summed E-state index contributed by atoms with van der Waals surface area (Å²) in [6.07, 6.45) is 0.787. The molecule has 31 heavy (non-hydrogen) atoms. The predicted octanol–water partition coefficient (Wildman–Crippen LogP) is 3.33. The van der Waals surface area contributed by atoms with Crippen LogP contribution < -0.4 is 15.2 Å². The summed E-state index contributed by atoms with van der Waals surface area (Å²) in [6.45, 7) is 2.42. The first kappa shape index (κ1) is 20.5. The minimum Gasteiger partial charge on any atom is -0.477 e. The molecule has 0 aliphatic carbocycles. The number of rotatable bonds is 7. The van der Waals surface area contributed by atoms with Crippen LogP contribution in [0.15, 0.2) is 53.4 Å². The minimum absolute atomic E-state index is 0.263. The van der Waals surface area contributed by atoms with Gasteiger partial charge in [-0.3, -0.25) is 9.82 Å². The molecule has 0 unspecified atom stereocenters. The highest BCUT2D eigenvalue weighted by Crippen LogP contribution is 2.30.